The van der Waals surface area contributed by atoms with E-state index in [0.29, 0.717) is 24.3 Å². The van der Waals surface area contributed by atoms with Crippen LogP contribution in [0.5, 0.6) is 0 Å². The zero-order chi connectivity index (χ0) is 18.3. The number of hydrogen-bond acceptors (Lipinski definition) is 5. The van der Waals surface area contributed by atoms with Crippen LogP contribution in [0.3, 0.4) is 0 Å². The first kappa shape index (κ1) is 16.7. The summed E-state index contributed by atoms with van der Waals surface area (Å²) in [7, 11) is 1.99. The van der Waals surface area contributed by atoms with Crippen LogP contribution in [-0.2, 0) is 0 Å². The molecule has 5 nitrogen and oxygen atoms in total. The average molecular weight is 359 g/mol. The minimum atomic E-state index is -0.962. The van der Waals surface area contributed by atoms with Gasteiger partial charge in [0.15, 0.2) is 5.65 Å². The van der Waals surface area contributed by atoms with E-state index in [1.54, 1.807) is 0 Å². The lowest BCUT2D eigenvalue weighted by Crippen LogP contribution is -2.45. The number of halogens is 3. The molecule has 0 aliphatic carbocycles. The lowest BCUT2D eigenvalue weighted by atomic mass is 10.0. The van der Waals surface area contributed by atoms with Gasteiger partial charge >= 0.3 is 0 Å². The fourth-order valence-corrected chi connectivity index (χ4v) is 3.24. The van der Waals surface area contributed by atoms with Crippen LogP contribution in [0, 0.1) is 17.6 Å². The van der Waals surface area contributed by atoms with Gasteiger partial charge in [-0.3, -0.25) is 0 Å². The molecular formula is C18H16F3N5. The van der Waals surface area contributed by atoms with Crippen molar-refractivity contribution in [1.29, 1.82) is 0 Å². The number of aromatic nitrogens is 3. The summed E-state index contributed by atoms with van der Waals surface area (Å²) in [5.74, 6) is -2.65. The van der Waals surface area contributed by atoms with Crippen LogP contribution in [-0.4, -0.2) is 53.1 Å². The number of anilines is 1. The zero-order valence-electron chi connectivity index (χ0n) is 14.1. The Kier molecular flexibility index (Phi) is 4.20. The molecule has 1 aliphatic rings. The van der Waals surface area contributed by atoms with Crippen LogP contribution >= 0.6 is 0 Å². The van der Waals surface area contributed by atoms with Gasteiger partial charge in [0.2, 0.25) is 5.95 Å². The van der Waals surface area contributed by atoms with Crippen LogP contribution in [0.2, 0.25) is 0 Å². The molecule has 3 heterocycles. The van der Waals surface area contributed by atoms with Gasteiger partial charge in [0.25, 0.3) is 0 Å². The van der Waals surface area contributed by atoms with Crippen molar-refractivity contribution in [3.8, 4) is 11.1 Å². The largest absolute Gasteiger partial charge is 0.366 e. The summed E-state index contributed by atoms with van der Waals surface area (Å²) in [6.07, 6.45) is 2.87. The minimum Gasteiger partial charge on any atom is -0.366 e. The number of likely N-dealkylation sites (N-methyl/N-ethyl adjacent to an activating group) is 1. The minimum absolute atomic E-state index is 0.111. The van der Waals surface area contributed by atoms with Crippen LogP contribution in [0.4, 0.5) is 18.9 Å². The molecule has 0 N–H and O–H groups in total. The molecule has 1 aromatic carbocycles. The lowest BCUT2D eigenvalue weighted by Gasteiger charge is -2.35. The van der Waals surface area contributed by atoms with Crippen molar-refractivity contribution in [1.82, 2.24) is 19.9 Å². The third-order valence-electron chi connectivity index (χ3n) is 4.58. The van der Waals surface area contributed by atoms with Gasteiger partial charge in [0.05, 0.1) is 16.8 Å². The van der Waals surface area contributed by atoms with E-state index in [-0.39, 0.29) is 11.2 Å². The van der Waals surface area contributed by atoms with Gasteiger partial charge in [0, 0.05) is 38.6 Å². The molecule has 0 spiro atoms. The number of piperazine rings is 1. The molecule has 0 radical (unpaired) electrons. The third kappa shape index (κ3) is 2.76. The SMILES string of the molecule is CN1CCN(c2c(-c3c(F)cccc3F)c(F)nc3nccnc23)CC1. The van der Waals surface area contributed by atoms with Gasteiger partial charge in [-0.2, -0.15) is 9.37 Å². The number of hydrogen-bond donors (Lipinski definition) is 0. The Balaban J connectivity index is 2.03. The predicted octanol–water partition coefficient (Wildman–Crippen LogP) is 2.86. The van der Waals surface area contributed by atoms with Crippen LogP contribution in [0.1, 0.15) is 0 Å². The molecule has 134 valence electrons. The fraction of sp³-hybridized carbons (Fsp3) is 0.278. The first-order valence-corrected chi connectivity index (χ1v) is 8.24. The Hall–Kier alpha value is -2.74. The molecule has 2 aromatic heterocycles. The molecule has 0 atom stereocenters. The van der Waals surface area contributed by atoms with Gasteiger partial charge in [0.1, 0.15) is 17.2 Å². The Morgan fingerprint density at radius 3 is 2.23 bits per heavy atom. The van der Waals surface area contributed by atoms with Crippen molar-refractivity contribution >= 4 is 16.9 Å². The van der Waals surface area contributed by atoms with E-state index in [9.17, 15) is 13.2 Å². The zero-order valence-corrected chi connectivity index (χ0v) is 14.1. The van der Waals surface area contributed by atoms with Crippen molar-refractivity contribution < 1.29 is 13.2 Å². The van der Waals surface area contributed by atoms with E-state index < -0.39 is 23.1 Å². The Bertz CT molecular complexity index is 950. The second-order valence-corrected chi connectivity index (χ2v) is 6.24. The van der Waals surface area contributed by atoms with E-state index in [1.807, 2.05) is 11.9 Å². The molecule has 0 saturated carbocycles. The van der Waals surface area contributed by atoms with E-state index in [4.69, 9.17) is 0 Å². The van der Waals surface area contributed by atoms with Crippen molar-refractivity contribution in [2.75, 3.05) is 38.1 Å². The summed E-state index contributed by atoms with van der Waals surface area (Å²) >= 11 is 0. The summed E-state index contributed by atoms with van der Waals surface area (Å²) in [6, 6.07) is 3.45. The van der Waals surface area contributed by atoms with Crippen molar-refractivity contribution in [3.63, 3.8) is 0 Å². The van der Waals surface area contributed by atoms with Gasteiger partial charge in [-0.25, -0.2) is 18.7 Å². The molecule has 0 unspecified atom stereocenters. The van der Waals surface area contributed by atoms with Crippen LogP contribution in [0.25, 0.3) is 22.3 Å². The van der Waals surface area contributed by atoms with Gasteiger partial charge in [-0.1, -0.05) is 6.07 Å². The molecular weight excluding hydrogens is 343 g/mol. The number of nitrogens with zero attached hydrogens (tertiary/aromatic N) is 5. The van der Waals surface area contributed by atoms with E-state index in [2.05, 4.69) is 19.9 Å². The van der Waals surface area contributed by atoms with Crippen LogP contribution in [0.15, 0.2) is 30.6 Å². The normalized spacial score (nSPS) is 15.6. The second kappa shape index (κ2) is 6.53. The number of pyridine rings is 1. The number of fused-ring (bicyclic) bond motifs is 1. The number of benzene rings is 1. The standard InChI is InChI=1S/C18H16F3N5/c1-25-7-9-26(10-8-25)16-14(13-11(19)3-2-4-12(13)20)17(21)24-18-15(16)22-5-6-23-18/h2-6H,7-10H2,1H3. The maximum absolute atomic E-state index is 14.9. The van der Waals surface area contributed by atoms with Crippen molar-refractivity contribution in [2.45, 2.75) is 0 Å². The fourth-order valence-electron chi connectivity index (χ4n) is 3.24. The smallest absolute Gasteiger partial charge is 0.225 e. The van der Waals surface area contributed by atoms with E-state index >= 15 is 0 Å². The monoisotopic (exact) mass is 359 g/mol. The molecule has 26 heavy (non-hydrogen) atoms. The molecule has 4 rings (SSSR count). The van der Waals surface area contributed by atoms with Gasteiger partial charge in [-0.05, 0) is 19.2 Å². The Morgan fingerprint density at radius 2 is 1.54 bits per heavy atom. The van der Waals surface area contributed by atoms with Gasteiger partial charge < -0.3 is 9.80 Å². The second-order valence-electron chi connectivity index (χ2n) is 6.24. The van der Waals surface area contributed by atoms with Crippen molar-refractivity contribution in [3.05, 3.63) is 48.2 Å². The molecule has 1 fully saturated rings. The Labute approximate surface area is 148 Å². The quantitative estimate of drug-likeness (QED) is 0.659. The average Bonchev–Trinajstić information content (AvgIpc) is 2.62. The van der Waals surface area contributed by atoms with Crippen molar-refractivity contribution in [2.24, 2.45) is 0 Å². The van der Waals surface area contributed by atoms with E-state index in [1.165, 1.54) is 18.5 Å². The summed E-state index contributed by atoms with van der Waals surface area (Å²) < 4.78 is 43.8. The maximum atomic E-state index is 14.9. The molecule has 0 bridgehead atoms. The highest BCUT2D eigenvalue weighted by Gasteiger charge is 2.28. The molecule has 1 saturated heterocycles. The highest BCUT2D eigenvalue weighted by atomic mass is 19.1. The topological polar surface area (TPSA) is 45.2 Å². The summed E-state index contributed by atoms with van der Waals surface area (Å²) in [6.45, 7) is 2.64. The van der Waals surface area contributed by atoms with E-state index in [0.717, 1.165) is 25.2 Å². The molecule has 8 heteroatoms. The Morgan fingerprint density at radius 1 is 0.885 bits per heavy atom. The highest BCUT2D eigenvalue weighted by Crippen LogP contribution is 2.39. The summed E-state index contributed by atoms with van der Waals surface area (Å²) in [5.41, 5.74) is 0.130. The third-order valence-corrected chi connectivity index (χ3v) is 4.58. The first-order valence-electron chi connectivity index (χ1n) is 8.24. The highest BCUT2D eigenvalue weighted by molar-refractivity contribution is 5.96. The molecule has 3 aromatic rings. The first-order chi connectivity index (χ1) is 12.6. The summed E-state index contributed by atoms with van der Waals surface area (Å²) in [5, 5.41) is 0. The lowest BCUT2D eigenvalue weighted by molar-refractivity contribution is 0.313. The predicted molar refractivity (Wildman–Crippen MR) is 92.4 cm³/mol. The molecule has 0 amide bonds. The van der Waals surface area contributed by atoms with Gasteiger partial charge in [-0.15, -0.1) is 0 Å². The number of rotatable bonds is 2. The maximum Gasteiger partial charge on any atom is 0.225 e. The summed E-state index contributed by atoms with van der Waals surface area (Å²) in [4.78, 5) is 16.1. The molecule has 1 aliphatic heterocycles. The van der Waals surface area contributed by atoms with Crippen LogP contribution < -0.4 is 4.90 Å².